The van der Waals surface area contributed by atoms with Gasteiger partial charge >= 0.3 is 17.9 Å². The number of hydrogen-bond donors (Lipinski definition) is 2. The molecule has 0 bridgehead atoms. The summed E-state index contributed by atoms with van der Waals surface area (Å²) in [7, 11) is 0. The number of ether oxygens (including phenoxy) is 3. The van der Waals surface area contributed by atoms with Crippen LogP contribution in [-0.4, -0.2) is 58.1 Å². The molecule has 2 N–H and O–H groups in total. The van der Waals surface area contributed by atoms with Gasteiger partial charge in [-0.2, -0.15) is 0 Å². The van der Waals surface area contributed by atoms with Crippen molar-refractivity contribution in [2.45, 2.75) is 77.0 Å². The Morgan fingerprint density at radius 3 is 2.60 bits per heavy atom. The van der Waals surface area contributed by atoms with Gasteiger partial charge in [0.25, 0.3) is 0 Å². The average molecular weight is 422 g/mol. The van der Waals surface area contributed by atoms with E-state index in [1.165, 1.54) is 13.8 Å². The predicted octanol–water partition coefficient (Wildman–Crippen LogP) is 1.75. The third kappa shape index (κ3) is 5.17. The van der Waals surface area contributed by atoms with Gasteiger partial charge < -0.3 is 24.4 Å². The molecule has 1 heterocycles. The van der Waals surface area contributed by atoms with Gasteiger partial charge in [0.15, 0.2) is 5.60 Å². The zero-order chi connectivity index (χ0) is 22.8. The second-order valence-electron chi connectivity index (χ2n) is 8.19. The van der Waals surface area contributed by atoms with Crippen LogP contribution in [0.1, 0.15) is 47.0 Å². The minimum absolute atomic E-state index is 0.0502. The van der Waals surface area contributed by atoms with E-state index in [0.29, 0.717) is 18.4 Å². The summed E-state index contributed by atoms with van der Waals surface area (Å²) in [5.74, 6) is -3.00. The van der Waals surface area contributed by atoms with Gasteiger partial charge in [-0.25, -0.2) is 9.59 Å². The van der Waals surface area contributed by atoms with E-state index in [9.17, 15) is 24.6 Å². The maximum atomic E-state index is 12.8. The SMILES string of the molecule is C=C1C(=O)O[C@@H]2/C=C(\C)CC[C@H](O)C(=C)C[C@@H](OC(=O)[C@@](C)(O)[C@@H](C)OC(C)=O)[C@@H]12. The monoisotopic (exact) mass is 422 g/mol. The van der Waals surface area contributed by atoms with Crippen molar-refractivity contribution in [1.82, 2.24) is 0 Å². The molecule has 2 rings (SSSR count). The fraction of sp³-hybridized carbons (Fsp3) is 0.591. The standard InChI is InChI=1S/C22H30O8/c1-11-7-8-16(24)12(2)10-18(19-13(3)20(25)29-17(19)9-11)30-21(26)22(6,27)14(4)28-15(5)23/h9,14,16-19,24,27H,2-3,7-8,10H2,1,4-6H3/b11-9+/t14-,16+,17-,18-,19+,22+/m1/s1. The maximum absolute atomic E-state index is 12.8. The molecule has 0 aromatic rings. The Morgan fingerprint density at radius 1 is 1.37 bits per heavy atom. The summed E-state index contributed by atoms with van der Waals surface area (Å²) in [5.41, 5.74) is -0.659. The van der Waals surface area contributed by atoms with E-state index in [1.54, 1.807) is 6.08 Å². The van der Waals surface area contributed by atoms with E-state index < -0.39 is 53.8 Å². The van der Waals surface area contributed by atoms with Gasteiger partial charge in [-0.3, -0.25) is 4.79 Å². The van der Waals surface area contributed by atoms with Crippen LogP contribution in [0, 0.1) is 5.92 Å². The number of allylic oxidation sites excluding steroid dienone is 1. The number of aliphatic hydroxyl groups is 2. The third-order valence-electron chi connectivity index (χ3n) is 5.66. The lowest BCUT2D eigenvalue weighted by Crippen LogP contribution is -2.50. The second-order valence-corrected chi connectivity index (χ2v) is 8.19. The van der Waals surface area contributed by atoms with Gasteiger partial charge in [-0.05, 0) is 45.3 Å². The Hall–Kier alpha value is -2.45. The highest BCUT2D eigenvalue weighted by molar-refractivity contribution is 5.91. The molecule has 2 aliphatic rings. The molecular formula is C22H30O8. The number of carbonyl (C=O) groups excluding carboxylic acids is 3. The molecule has 1 fully saturated rings. The van der Waals surface area contributed by atoms with E-state index in [-0.39, 0.29) is 12.0 Å². The van der Waals surface area contributed by atoms with Crippen LogP contribution in [0.3, 0.4) is 0 Å². The minimum atomic E-state index is -2.13. The highest BCUT2D eigenvalue weighted by atomic mass is 16.6. The number of hydrogen-bond acceptors (Lipinski definition) is 8. The fourth-order valence-corrected chi connectivity index (χ4v) is 3.54. The second kappa shape index (κ2) is 9.14. The van der Waals surface area contributed by atoms with E-state index in [0.717, 1.165) is 12.5 Å². The van der Waals surface area contributed by atoms with Crippen LogP contribution in [0.5, 0.6) is 0 Å². The fourth-order valence-electron chi connectivity index (χ4n) is 3.54. The van der Waals surface area contributed by atoms with Crippen LogP contribution in [0.25, 0.3) is 0 Å². The number of fused-ring (bicyclic) bond motifs is 1. The molecule has 0 unspecified atom stereocenters. The molecule has 1 saturated heterocycles. The Balaban J connectivity index is 2.37. The normalized spacial score (nSPS) is 32.1. The van der Waals surface area contributed by atoms with Crippen LogP contribution < -0.4 is 0 Å². The van der Waals surface area contributed by atoms with Gasteiger partial charge in [0.2, 0.25) is 0 Å². The summed E-state index contributed by atoms with van der Waals surface area (Å²) in [6, 6.07) is 0. The van der Waals surface area contributed by atoms with Gasteiger partial charge in [-0.1, -0.05) is 18.7 Å². The largest absolute Gasteiger partial charge is 0.459 e. The predicted molar refractivity (Wildman–Crippen MR) is 107 cm³/mol. The molecule has 8 heteroatoms. The van der Waals surface area contributed by atoms with Crippen molar-refractivity contribution >= 4 is 17.9 Å². The summed E-state index contributed by atoms with van der Waals surface area (Å²) in [4.78, 5) is 36.2. The van der Waals surface area contributed by atoms with Gasteiger partial charge in [-0.15, -0.1) is 0 Å². The summed E-state index contributed by atoms with van der Waals surface area (Å²) in [6.07, 6.45) is -0.821. The van der Waals surface area contributed by atoms with Crippen LogP contribution in [0.2, 0.25) is 0 Å². The van der Waals surface area contributed by atoms with Crippen molar-refractivity contribution in [1.29, 1.82) is 0 Å². The maximum Gasteiger partial charge on any atom is 0.342 e. The van der Waals surface area contributed by atoms with Crippen LogP contribution in [-0.2, 0) is 28.6 Å². The number of aliphatic hydroxyl groups excluding tert-OH is 1. The van der Waals surface area contributed by atoms with Crippen molar-refractivity contribution in [2.75, 3.05) is 0 Å². The Labute approximate surface area is 176 Å². The number of rotatable bonds is 4. The summed E-state index contributed by atoms with van der Waals surface area (Å²) in [5, 5.41) is 21.0. The third-order valence-corrected chi connectivity index (χ3v) is 5.66. The zero-order valence-corrected chi connectivity index (χ0v) is 17.8. The van der Waals surface area contributed by atoms with Crippen molar-refractivity contribution in [3.05, 3.63) is 36.0 Å². The molecule has 1 aliphatic heterocycles. The van der Waals surface area contributed by atoms with Crippen LogP contribution in [0.4, 0.5) is 0 Å². The average Bonchev–Trinajstić information content (AvgIpc) is 2.91. The Morgan fingerprint density at radius 2 is 2.00 bits per heavy atom. The highest BCUT2D eigenvalue weighted by Crippen LogP contribution is 2.37. The van der Waals surface area contributed by atoms with Gasteiger partial charge in [0.1, 0.15) is 18.3 Å². The molecule has 0 aromatic heterocycles. The lowest BCUT2D eigenvalue weighted by Gasteiger charge is -2.33. The highest BCUT2D eigenvalue weighted by Gasteiger charge is 2.48. The first-order valence-corrected chi connectivity index (χ1v) is 9.88. The number of esters is 3. The van der Waals surface area contributed by atoms with Crippen molar-refractivity contribution in [3.63, 3.8) is 0 Å². The summed E-state index contributed by atoms with van der Waals surface area (Å²) >= 11 is 0. The van der Waals surface area contributed by atoms with E-state index in [1.807, 2.05) is 6.92 Å². The van der Waals surface area contributed by atoms with E-state index >= 15 is 0 Å². The number of carbonyl (C=O) groups is 3. The van der Waals surface area contributed by atoms with Crippen LogP contribution in [0.15, 0.2) is 36.0 Å². The summed E-state index contributed by atoms with van der Waals surface area (Å²) in [6.45, 7) is 13.3. The quantitative estimate of drug-likeness (QED) is 0.304. The first-order valence-electron chi connectivity index (χ1n) is 9.88. The van der Waals surface area contributed by atoms with Crippen molar-refractivity contribution in [3.8, 4) is 0 Å². The minimum Gasteiger partial charge on any atom is -0.459 e. The first kappa shape index (κ1) is 23.8. The molecule has 0 amide bonds. The molecule has 1 aliphatic carbocycles. The molecule has 0 radical (unpaired) electrons. The molecule has 0 saturated carbocycles. The molecule has 6 atom stereocenters. The molecular weight excluding hydrogens is 392 g/mol. The molecule has 0 aromatic carbocycles. The van der Waals surface area contributed by atoms with Gasteiger partial charge in [0.05, 0.1) is 12.0 Å². The lowest BCUT2D eigenvalue weighted by molar-refractivity contribution is -0.188. The van der Waals surface area contributed by atoms with Crippen molar-refractivity contribution < 1.29 is 38.8 Å². The smallest absolute Gasteiger partial charge is 0.342 e. The zero-order valence-electron chi connectivity index (χ0n) is 17.8. The van der Waals surface area contributed by atoms with Gasteiger partial charge in [0, 0.05) is 18.9 Å². The molecule has 30 heavy (non-hydrogen) atoms. The van der Waals surface area contributed by atoms with Crippen molar-refractivity contribution in [2.24, 2.45) is 5.92 Å². The first-order chi connectivity index (χ1) is 13.8. The summed E-state index contributed by atoms with van der Waals surface area (Å²) < 4.78 is 15.9. The lowest BCUT2D eigenvalue weighted by atomic mass is 9.83. The van der Waals surface area contributed by atoms with Crippen LogP contribution >= 0.6 is 0 Å². The van der Waals surface area contributed by atoms with E-state index in [4.69, 9.17) is 14.2 Å². The van der Waals surface area contributed by atoms with E-state index in [2.05, 4.69) is 13.2 Å². The molecule has 0 spiro atoms. The Kier molecular flexibility index (Phi) is 7.26. The molecule has 8 nitrogen and oxygen atoms in total. The topological polar surface area (TPSA) is 119 Å². The molecule has 166 valence electrons. The Bertz CT molecular complexity index is 778.